The minimum absolute atomic E-state index is 0.0228. The average Bonchev–Trinajstić information content (AvgIpc) is 3.12. The topological polar surface area (TPSA) is 90.0 Å². The molecular formula is C19H13F6NO6S. The summed E-state index contributed by atoms with van der Waals surface area (Å²) in [7, 11) is -6.06. The summed E-state index contributed by atoms with van der Waals surface area (Å²) in [4.78, 5) is 24.6. The molecule has 178 valence electrons. The molecule has 0 bridgehead atoms. The Hall–Kier alpha value is -3.29. The fourth-order valence-electron chi connectivity index (χ4n) is 2.89. The lowest BCUT2D eigenvalue weighted by Gasteiger charge is -2.15. The van der Waals surface area contributed by atoms with E-state index in [9.17, 15) is 44.3 Å². The van der Waals surface area contributed by atoms with Gasteiger partial charge < -0.3 is 8.92 Å². The largest absolute Gasteiger partial charge is 0.534 e. The zero-order chi connectivity index (χ0) is 24.6. The van der Waals surface area contributed by atoms with Gasteiger partial charge in [0.2, 0.25) is 5.91 Å². The van der Waals surface area contributed by atoms with Gasteiger partial charge in [-0.05, 0) is 41.0 Å². The van der Waals surface area contributed by atoms with Crippen LogP contribution in [0.4, 0.5) is 31.1 Å². The van der Waals surface area contributed by atoms with Crippen molar-refractivity contribution in [2.75, 3.05) is 13.2 Å². The van der Waals surface area contributed by atoms with Gasteiger partial charge >= 0.3 is 27.9 Å². The Morgan fingerprint density at radius 2 is 1.64 bits per heavy atom. The van der Waals surface area contributed by atoms with E-state index < -0.39 is 51.5 Å². The summed E-state index contributed by atoms with van der Waals surface area (Å²) in [6.45, 7) is -0.101. The predicted octanol–water partition coefficient (Wildman–Crippen LogP) is 4.12. The van der Waals surface area contributed by atoms with Crippen LogP contribution in [0.1, 0.15) is 11.1 Å². The van der Waals surface area contributed by atoms with Crippen molar-refractivity contribution < 1.29 is 53.3 Å². The van der Waals surface area contributed by atoms with Gasteiger partial charge in [0.15, 0.2) is 0 Å². The first-order chi connectivity index (χ1) is 15.2. The van der Waals surface area contributed by atoms with Gasteiger partial charge in [-0.25, -0.2) is 9.69 Å². The minimum Gasteiger partial charge on any atom is -0.447 e. The molecule has 2 amide bonds. The predicted molar refractivity (Wildman–Crippen MR) is 99.2 cm³/mol. The molecule has 0 aromatic heterocycles. The third-order valence-electron chi connectivity index (χ3n) is 4.42. The van der Waals surface area contributed by atoms with Gasteiger partial charge in [-0.2, -0.15) is 34.8 Å². The van der Waals surface area contributed by atoms with Crippen LogP contribution in [0.3, 0.4) is 0 Å². The summed E-state index contributed by atoms with van der Waals surface area (Å²) >= 11 is 0. The zero-order valence-electron chi connectivity index (χ0n) is 16.2. The van der Waals surface area contributed by atoms with E-state index in [-0.39, 0.29) is 29.8 Å². The molecule has 0 atom stereocenters. The van der Waals surface area contributed by atoms with Gasteiger partial charge in [-0.15, -0.1) is 0 Å². The minimum atomic E-state index is -6.06. The molecule has 3 rings (SSSR count). The number of rotatable bonds is 5. The van der Waals surface area contributed by atoms with Crippen LogP contribution >= 0.6 is 0 Å². The fraction of sp³-hybridized carbons (Fsp3) is 0.263. The van der Waals surface area contributed by atoms with Crippen molar-refractivity contribution in [3.63, 3.8) is 0 Å². The highest BCUT2D eigenvalue weighted by atomic mass is 32.2. The lowest BCUT2D eigenvalue weighted by Crippen LogP contribution is -2.32. The van der Waals surface area contributed by atoms with Gasteiger partial charge in [0.1, 0.15) is 12.4 Å². The molecule has 1 aliphatic rings. The van der Waals surface area contributed by atoms with Crippen molar-refractivity contribution in [2.45, 2.75) is 18.1 Å². The van der Waals surface area contributed by atoms with Crippen LogP contribution in [0.2, 0.25) is 0 Å². The van der Waals surface area contributed by atoms with Crippen molar-refractivity contribution in [1.29, 1.82) is 0 Å². The quantitative estimate of drug-likeness (QED) is 0.351. The number of imide groups is 1. The summed E-state index contributed by atoms with van der Waals surface area (Å²) in [6.07, 6.45) is -6.10. The first kappa shape index (κ1) is 24.4. The van der Waals surface area contributed by atoms with E-state index in [2.05, 4.69) is 8.92 Å². The molecular weight excluding hydrogens is 484 g/mol. The molecule has 1 saturated heterocycles. The van der Waals surface area contributed by atoms with E-state index in [0.29, 0.717) is 0 Å². The molecule has 1 fully saturated rings. The number of ether oxygens (including phenoxy) is 1. The van der Waals surface area contributed by atoms with Gasteiger partial charge in [-0.1, -0.05) is 18.2 Å². The Balaban J connectivity index is 2.00. The number of nitrogens with zero attached hydrogens (tertiary/aromatic N) is 1. The Bertz CT molecular complexity index is 1170. The SMILES string of the molecule is O=C(Cc1cc(OS(=O)(=O)C(F)(F)F)cc(-c2ccc(C(F)(F)F)cc2)c1)N1CCOC1=O. The molecule has 0 aliphatic carbocycles. The maximum absolute atomic E-state index is 12.8. The summed E-state index contributed by atoms with van der Waals surface area (Å²) in [5.41, 5.74) is -6.73. The second kappa shape index (κ2) is 8.57. The molecule has 1 aliphatic heterocycles. The molecule has 0 saturated carbocycles. The number of hydrogen-bond acceptors (Lipinski definition) is 6. The Morgan fingerprint density at radius 1 is 1.00 bits per heavy atom. The van der Waals surface area contributed by atoms with Crippen LogP contribution in [-0.2, 0) is 32.2 Å². The highest BCUT2D eigenvalue weighted by Crippen LogP contribution is 2.34. The molecule has 7 nitrogen and oxygen atoms in total. The zero-order valence-corrected chi connectivity index (χ0v) is 17.1. The second-order valence-electron chi connectivity index (χ2n) is 6.76. The Kier molecular flexibility index (Phi) is 6.33. The van der Waals surface area contributed by atoms with Crippen molar-refractivity contribution in [2.24, 2.45) is 0 Å². The number of cyclic esters (lactones) is 1. The van der Waals surface area contributed by atoms with Crippen molar-refractivity contribution in [3.05, 3.63) is 53.6 Å². The van der Waals surface area contributed by atoms with Crippen LogP contribution in [-0.4, -0.2) is 44.0 Å². The van der Waals surface area contributed by atoms with Gasteiger partial charge in [0, 0.05) is 0 Å². The highest BCUT2D eigenvalue weighted by molar-refractivity contribution is 7.88. The number of carbonyl (C=O) groups excluding carboxylic acids is 2. The summed E-state index contributed by atoms with van der Waals surface area (Å²) in [5, 5.41) is 0. The Morgan fingerprint density at radius 3 is 2.15 bits per heavy atom. The first-order valence-corrected chi connectivity index (χ1v) is 10.4. The maximum Gasteiger partial charge on any atom is 0.534 e. The number of halogens is 6. The second-order valence-corrected chi connectivity index (χ2v) is 8.30. The van der Waals surface area contributed by atoms with E-state index in [1.807, 2.05) is 0 Å². The van der Waals surface area contributed by atoms with Crippen LogP contribution in [0.15, 0.2) is 42.5 Å². The summed E-state index contributed by atoms with van der Waals surface area (Å²) in [6, 6.07) is 6.43. The van der Waals surface area contributed by atoms with Crippen molar-refractivity contribution >= 4 is 22.1 Å². The van der Waals surface area contributed by atoms with Gasteiger partial charge in [-0.3, -0.25) is 4.79 Å². The number of amides is 2. The third-order valence-corrected chi connectivity index (χ3v) is 5.40. The van der Waals surface area contributed by atoms with Crippen LogP contribution < -0.4 is 4.18 Å². The number of alkyl halides is 6. The van der Waals surface area contributed by atoms with E-state index in [1.54, 1.807) is 0 Å². The van der Waals surface area contributed by atoms with Gasteiger partial charge in [0.25, 0.3) is 0 Å². The first-order valence-electron chi connectivity index (χ1n) is 8.97. The number of benzene rings is 2. The molecule has 0 N–H and O–H groups in total. The third kappa shape index (κ3) is 5.56. The van der Waals surface area contributed by atoms with Crippen molar-refractivity contribution in [3.8, 4) is 16.9 Å². The van der Waals surface area contributed by atoms with E-state index >= 15 is 0 Å². The standard InChI is InChI=1S/C19H13F6NO6S/c20-18(21,22)14-3-1-12(2-4-14)13-7-11(9-16(27)26-5-6-31-17(26)28)8-15(10-13)32-33(29,30)19(23,24)25/h1-4,7-8,10H,5-6,9H2. The van der Waals surface area contributed by atoms with E-state index in [0.717, 1.165) is 41.3 Å². The molecule has 2 aromatic carbocycles. The molecule has 1 heterocycles. The smallest absolute Gasteiger partial charge is 0.447 e. The molecule has 0 radical (unpaired) electrons. The lowest BCUT2D eigenvalue weighted by molar-refractivity contribution is -0.137. The molecule has 2 aromatic rings. The van der Waals surface area contributed by atoms with E-state index in [4.69, 9.17) is 0 Å². The molecule has 33 heavy (non-hydrogen) atoms. The van der Waals surface area contributed by atoms with Crippen LogP contribution in [0.5, 0.6) is 5.75 Å². The van der Waals surface area contributed by atoms with Crippen molar-refractivity contribution in [1.82, 2.24) is 4.90 Å². The van der Waals surface area contributed by atoms with E-state index in [1.165, 1.54) is 6.07 Å². The molecule has 14 heteroatoms. The normalized spacial score (nSPS) is 14.8. The maximum atomic E-state index is 12.8. The van der Waals surface area contributed by atoms with Gasteiger partial charge in [0.05, 0.1) is 18.5 Å². The molecule has 0 spiro atoms. The number of hydrogen-bond donors (Lipinski definition) is 0. The summed E-state index contributed by atoms with van der Waals surface area (Å²) < 4.78 is 108. The lowest BCUT2D eigenvalue weighted by atomic mass is 9.99. The fourth-order valence-corrected chi connectivity index (χ4v) is 3.34. The van der Waals surface area contributed by atoms with Crippen LogP contribution in [0.25, 0.3) is 11.1 Å². The average molecular weight is 497 g/mol. The molecule has 0 unspecified atom stereocenters. The Labute approximate surface area is 182 Å². The van der Waals surface area contributed by atoms with Crippen LogP contribution in [0, 0.1) is 0 Å². The number of carbonyl (C=O) groups is 2. The summed E-state index contributed by atoms with van der Waals surface area (Å²) in [5.74, 6) is -1.61. The monoisotopic (exact) mass is 497 g/mol. The highest BCUT2D eigenvalue weighted by Gasteiger charge is 2.48.